The first-order valence-electron chi connectivity index (χ1n) is 10.2. The lowest BCUT2D eigenvalue weighted by molar-refractivity contribution is -0.131. The smallest absolute Gasteiger partial charge is 0.308 e. The van der Waals surface area contributed by atoms with Crippen molar-refractivity contribution in [2.75, 3.05) is 7.11 Å². The van der Waals surface area contributed by atoms with Crippen molar-refractivity contribution < 1.29 is 14.3 Å². The number of benzene rings is 4. The van der Waals surface area contributed by atoms with Crippen LogP contribution in [0, 0.1) is 0 Å². The number of ether oxygens (including phenoxy) is 2. The summed E-state index contributed by atoms with van der Waals surface area (Å²) in [7, 11) is 1.67. The number of hydrogen-bond acceptors (Lipinski definition) is 3. The normalized spacial score (nSPS) is 11.0. The first-order chi connectivity index (χ1) is 15.1. The van der Waals surface area contributed by atoms with Crippen molar-refractivity contribution >= 4 is 5.97 Å². The monoisotopic (exact) mass is 408 g/mol. The van der Waals surface area contributed by atoms with E-state index in [1.54, 1.807) is 7.11 Å². The van der Waals surface area contributed by atoms with Crippen molar-refractivity contribution in [2.45, 2.75) is 12.3 Å². The second-order valence-corrected chi connectivity index (χ2v) is 7.33. The minimum atomic E-state index is -0.552. The summed E-state index contributed by atoms with van der Waals surface area (Å²) in [5, 5.41) is 0. The molecule has 154 valence electrons. The maximum atomic E-state index is 11.4. The number of rotatable bonds is 6. The molecule has 31 heavy (non-hydrogen) atoms. The molecule has 0 heterocycles. The summed E-state index contributed by atoms with van der Waals surface area (Å²) in [6, 6.07) is 36.8. The zero-order valence-electron chi connectivity index (χ0n) is 17.6. The second-order valence-electron chi connectivity index (χ2n) is 7.33. The van der Waals surface area contributed by atoms with Gasteiger partial charge in [-0.1, -0.05) is 84.9 Å². The second kappa shape index (κ2) is 8.88. The van der Waals surface area contributed by atoms with Crippen molar-refractivity contribution in [2.24, 2.45) is 0 Å². The van der Waals surface area contributed by atoms with Gasteiger partial charge in [-0.2, -0.15) is 0 Å². The molecule has 0 saturated heterocycles. The van der Waals surface area contributed by atoms with E-state index < -0.39 is 5.41 Å². The molecule has 0 aromatic heterocycles. The minimum Gasteiger partial charge on any atom is -0.497 e. The molecule has 4 aromatic carbocycles. The van der Waals surface area contributed by atoms with Crippen LogP contribution in [-0.2, 0) is 10.2 Å². The van der Waals surface area contributed by atoms with E-state index in [4.69, 9.17) is 9.47 Å². The van der Waals surface area contributed by atoms with Gasteiger partial charge in [0.15, 0.2) is 0 Å². The summed E-state index contributed by atoms with van der Waals surface area (Å²) in [6.45, 7) is 1.41. The van der Waals surface area contributed by atoms with Gasteiger partial charge in [-0.05, 0) is 46.5 Å². The molecule has 3 nitrogen and oxygen atoms in total. The fourth-order valence-electron chi connectivity index (χ4n) is 4.16. The average molecular weight is 408 g/mol. The molecule has 0 saturated carbocycles. The highest BCUT2D eigenvalue weighted by Crippen LogP contribution is 2.45. The van der Waals surface area contributed by atoms with Crippen LogP contribution < -0.4 is 9.47 Å². The fourth-order valence-corrected chi connectivity index (χ4v) is 4.16. The molecule has 0 aliphatic carbocycles. The maximum Gasteiger partial charge on any atom is 0.308 e. The molecule has 0 N–H and O–H groups in total. The molecular formula is C28H24O3. The third kappa shape index (κ3) is 3.95. The topological polar surface area (TPSA) is 35.5 Å². The van der Waals surface area contributed by atoms with Crippen LogP contribution in [0.1, 0.15) is 29.2 Å². The zero-order chi connectivity index (χ0) is 21.7. The van der Waals surface area contributed by atoms with Gasteiger partial charge in [0.1, 0.15) is 11.5 Å². The predicted molar refractivity (Wildman–Crippen MR) is 123 cm³/mol. The molecule has 0 bridgehead atoms. The number of esters is 1. The van der Waals surface area contributed by atoms with Gasteiger partial charge in [-0.15, -0.1) is 0 Å². The lowest BCUT2D eigenvalue weighted by atomic mass is 9.65. The quantitative estimate of drug-likeness (QED) is 0.223. The fraction of sp³-hybridized carbons (Fsp3) is 0.107. The van der Waals surface area contributed by atoms with E-state index in [-0.39, 0.29) is 5.97 Å². The Balaban J connectivity index is 2.01. The summed E-state index contributed by atoms with van der Waals surface area (Å²) >= 11 is 0. The first kappa shape index (κ1) is 20.4. The summed E-state index contributed by atoms with van der Waals surface area (Å²) in [5.74, 6) is 1.00. The van der Waals surface area contributed by atoms with Gasteiger partial charge in [0, 0.05) is 6.92 Å². The predicted octanol–water partition coefficient (Wildman–Crippen LogP) is 6.00. The van der Waals surface area contributed by atoms with E-state index in [9.17, 15) is 4.79 Å². The molecule has 0 radical (unpaired) electrons. The standard InChI is InChI=1S/C28H24O3/c1-21(29)31-27-19-15-25(16-20-27)28(22-9-5-3-6-10-22,23-11-7-4-8-12-23)24-13-17-26(30-2)18-14-24/h3-20H,1-2H3. The molecule has 3 heteroatoms. The Kier molecular flexibility index (Phi) is 5.85. The highest BCUT2D eigenvalue weighted by Gasteiger charge is 2.38. The van der Waals surface area contributed by atoms with Gasteiger partial charge in [-0.3, -0.25) is 4.79 Å². The lowest BCUT2D eigenvalue weighted by Gasteiger charge is -2.37. The van der Waals surface area contributed by atoms with Crippen molar-refractivity contribution in [3.8, 4) is 11.5 Å². The van der Waals surface area contributed by atoms with Crippen LogP contribution in [0.4, 0.5) is 0 Å². The Morgan fingerprint density at radius 1 is 0.581 bits per heavy atom. The third-order valence-corrected chi connectivity index (χ3v) is 5.49. The van der Waals surface area contributed by atoms with Crippen LogP contribution in [0.25, 0.3) is 0 Å². The molecule has 4 rings (SSSR count). The average Bonchev–Trinajstić information content (AvgIpc) is 2.82. The summed E-state index contributed by atoms with van der Waals surface area (Å²) in [5.41, 5.74) is 3.93. The minimum absolute atomic E-state index is 0.333. The molecular weight excluding hydrogens is 384 g/mol. The highest BCUT2D eigenvalue weighted by atomic mass is 16.5. The molecule has 4 aromatic rings. The Hall–Kier alpha value is -3.85. The van der Waals surface area contributed by atoms with E-state index in [0.29, 0.717) is 5.75 Å². The van der Waals surface area contributed by atoms with Crippen LogP contribution in [-0.4, -0.2) is 13.1 Å². The van der Waals surface area contributed by atoms with Crippen LogP contribution in [0.5, 0.6) is 11.5 Å². The number of hydrogen-bond donors (Lipinski definition) is 0. The summed E-state index contributed by atoms with van der Waals surface area (Å²) < 4.78 is 10.7. The van der Waals surface area contributed by atoms with E-state index in [1.807, 2.05) is 48.5 Å². The van der Waals surface area contributed by atoms with Gasteiger partial charge in [0.2, 0.25) is 0 Å². The summed E-state index contributed by atoms with van der Waals surface area (Å²) in [6.07, 6.45) is 0. The van der Waals surface area contributed by atoms with Crippen LogP contribution >= 0.6 is 0 Å². The molecule has 0 fully saturated rings. The Morgan fingerprint density at radius 2 is 0.968 bits per heavy atom. The highest BCUT2D eigenvalue weighted by molar-refractivity contribution is 5.69. The molecule has 0 spiro atoms. The van der Waals surface area contributed by atoms with E-state index in [2.05, 4.69) is 60.7 Å². The molecule has 0 atom stereocenters. The molecule has 0 aliphatic rings. The van der Waals surface area contributed by atoms with Crippen molar-refractivity contribution in [1.29, 1.82) is 0 Å². The SMILES string of the molecule is COc1ccc(C(c2ccccc2)(c2ccccc2)c2ccc(OC(C)=O)cc2)cc1. The third-order valence-electron chi connectivity index (χ3n) is 5.49. The Bertz CT molecular complexity index is 1090. The van der Waals surface area contributed by atoms with Gasteiger partial charge in [0.25, 0.3) is 0 Å². The van der Waals surface area contributed by atoms with E-state index >= 15 is 0 Å². The Morgan fingerprint density at radius 3 is 1.35 bits per heavy atom. The van der Waals surface area contributed by atoms with Crippen molar-refractivity contribution in [1.82, 2.24) is 0 Å². The van der Waals surface area contributed by atoms with Gasteiger partial charge in [0.05, 0.1) is 12.5 Å². The van der Waals surface area contributed by atoms with Crippen LogP contribution in [0.15, 0.2) is 109 Å². The first-order valence-corrected chi connectivity index (χ1v) is 10.2. The van der Waals surface area contributed by atoms with Gasteiger partial charge < -0.3 is 9.47 Å². The van der Waals surface area contributed by atoms with Crippen LogP contribution in [0.3, 0.4) is 0 Å². The van der Waals surface area contributed by atoms with Crippen molar-refractivity contribution in [3.63, 3.8) is 0 Å². The van der Waals surface area contributed by atoms with Crippen molar-refractivity contribution in [3.05, 3.63) is 131 Å². The maximum absolute atomic E-state index is 11.4. The molecule has 0 aliphatic heterocycles. The van der Waals surface area contributed by atoms with E-state index in [1.165, 1.54) is 6.92 Å². The van der Waals surface area contributed by atoms with Gasteiger partial charge >= 0.3 is 5.97 Å². The number of carbonyl (C=O) groups is 1. The lowest BCUT2D eigenvalue weighted by Crippen LogP contribution is -2.31. The molecule has 0 unspecified atom stereocenters. The van der Waals surface area contributed by atoms with Crippen LogP contribution in [0.2, 0.25) is 0 Å². The Labute approximate surface area is 182 Å². The van der Waals surface area contributed by atoms with E-state index in [0.717, 1.165) is 28.0 Å². The zero-order valence-corrected chi connectivity index (χ0v) is 17.6. The number of methoxy groups -OCH3 is 1. The van der Waals surface area contributed by atoms with Gasteiger partial charge in [-0.25, -0.2) is 0 Å². The molecule has 0 amide bonds. The summed E-state index contributed by atoms with van der Waals surface area (Å²) in [4.78, 5) is 11.4. The largest absolute Gasteiger partial charge is 0.497 e. The number of carbonyl (C=O) groups excluding carboxylic acids is 1.